The summed E-state index contributed by atoms with van der Waals surface area (Å²) in [6, 6.07) is 9.59. The molecule has 1 amide bonds. The third kappa shape index (κ3) is 3.18. The Morgan fingerprint density at radius 3 is 2.52 bits per heavy atom. The first-order valence-electron chi connectivity index (χ1n) is 10.2. The molecule has 0 aromatic heterocycles. The molecule has 1 saturated heterocycles. The maximum Gasteiger partial charge on any atom is 0.256 e. The molecule has 1 N–H and O–H groups in total. The minimum Gasteiger partial charge on any atom is -0.490 e. The lowest BCUT2D eigenvalue weighted by Crippen LogP contribution is -2.54. The highest BCUT2D eigenvalue weighted by atomic mass is 79.9. The van der Waals surface area contributed by atoms with Gasteiger partial charge in [-0.3, -0.25) is 19.8 Å². The topological polar surface area (TPSA) is 93.9 Å². The number of amides is 1. The monoisotopic (exact) mass is 489 g/mol. The standard InChI is InChI=1S/C22H24BrN3O5/c1-4-30-18-10-13(16(23)11-19(18)31-5-2)14-12-25(3)22(20(14)26(28)29)15-8-6-7-9-17(15)24-21(22)27/h6-11,14,20H,4-5,12H2,1-3H3,(H,24,27)/t14-,20-,22-/m0/s1. The number of carbonyl (C=O) groups excluding carboxylic acids is 1. The van der Waals surface area contributed by atoms with E-state index in [4.69, 9.17) is 9.47 Å². The van der Waals surface area contributed by atoms with Gasteiger partial charge >= 0.3 is 0 Å². The SMILES string of the molecule is CCOc1cc(Br)c([C@@H]2CN(C)[C@]3(C(=O)Nc4ccccc43)[C@H]2[N+](=O)[O-])cc1OCC. The molecule has 1 fully saturated rings. The fourth-order valence-electron chi connectivity index (χ4n) is 4.93. The largest absolute Gasteiger partial charge is 0.490 e. The molecule has 31 heavy (non-hydrogen) atoms. The quantitative estimate of drug-likeness (QED) is 0.490. The Hall–Kier alpha value is -2.65. The third-order valence-corrected chi connectivity index (χ3v) is 6.79. The van der Waals surface area contributed by atoms with Crippen LogP contribution in [0.1, 0.15) is 30.9 Å². The number of benzene rings is 2. The van der Waals surface area contributed by atoms with Crippen molar-refractivity contribution >= 4 is 27.5 Å². The van der Waals surface area contributed by atoms with E-state index in [1.54, 1.807) is 42.3 Å². The number of halogens is 1. The molecule has 9 heteroatoms. The first-order chi connectivity index (χ1) is 14.9. The number of hydrogen-bond donors (Lipinski definition) is 1. The number of para-hydroxylation sites is 1. The van der Waals surface area contributed by atoms with Crippen LogP contribution in [-0.2, 0) is 10.3 Å². The van der Waals surface area contributed by atoms with Crippen molar-refractivity contribution in [1.29, 1.82) is 0 Å². The van der Waals surface area contributed by atoms with Crippen molar-refractivity contribution in [2.75, 3.05) is 32.1 Å². The second kappa shape index (κ2) is 8.12. The molecule has 2 aliphatic heterocycles. The number of hydrogen-bond acceptors (Lipinski definition) is 6. The Morgan fingerprint density at radius 2 is 1.87 bits per heavy atom. The number of nitro groups is 1. The molecule has 0 unspecified atom stereocenters. The van der Waals surface area contributed by atoms with Gasteiger partial charge in [0.2, 0.25) is 0 Å². The summed E-state index contributed by atoms with van der Waals surface area (Å²) in [4.78, 5) is 27.2. The zero-order valence-corrected chi connectivity index (χ0v) is 19.1. The van der Waals surface area contributed by atoms with E-state index in [0.29, 0.717) is 47.0 Å². The average Bonchev–Trinajstić information content (AvgIpc) is 3.20. The van der Waals surface area contributed by atoms with Crippen LogP contribution in [0.25, 0.3) is 0 Å². The second-order valence-electron chi connectivity index (χ2n) is 7.67. The van der Waals surface area contributed by atoms with Gasteiger partial charge in [-0.15, -0.1) is 0 Å². The minimum atomic E-state index is -1.38. The molecule has 4 rings (SSSR count). The molecular formula is C22H24BrN3O5. The summed E-state index contributed by atoms with van der Waals surface area (Å²) in [6.07, 6.45) is 0. The summed E-state index contributed by atoms with van der Waals surface area (Å²) in [5, 5.41) is 15.3. The normalized spacial score (nSPS) is 24.8. The van der Waals surface area contributed by atoms with Crippen LogP contribution in [0.4, 0.5) is 5.69 Å². The van der Waals surface area contributed by atoms with Gasteiger partial charge in [-0.2, -0.15) is 0 Å². The van der Waals surface area contributed by atoms with Gasteiger partial charge in [0.25, 0.3) is 11.9 Å². The number of ether oxygens (including phenoxy) is 2. The second-order valence-corrected chi connectivity index (χ2v) is 8.52. The van der Waals surface area contributed by atoms with Crippen molar-refractivity contribution in [2.24, 2.45) is 0 Å². The molecule has 0 saturated carbocycles. The van der Waals surface area contributed by atoms with Crippen molar-refractivity contribution in [3.63, 3.8) is 0 Å². The van der Waals surface area contributed by atoms with E-state index in [0.717, 1.165) is 5.56 Å². The number of nitrogens with zero attached hydrogens (tertiary/aromatic N) is 2. The van der Waals surface area contributed by atoms with Crippen molar-refractivity contribution < 1.29 is 19.2 Å². The molecule has 8 nitrogen and oxygen atoms in total. The van der Waals surface area contributed by atoms with Gasteiger partial charge in [0.05, 0.1) is 19.1 Å². The number of fused-ring (bicyclic) bond motifs is 2. The third-order valence-electron chi connectivity index (χ3n) is 6.10. The number of likely N-dealkylation sites (N-methyl/N-ethyl adjacent to an activating group) is 1. The van der Waals surface area contributed by atoms with E-state index < -0.39 is 17.5 Å². The maximum atomic E-state index is 13.2. The van der Waals surface area contributed by atoms with Crippen LogP contribution in [0.2, 0.25) is 0 Å². The maximum absolute atomic E-state index is 13.2. The first kappa shape index (κ1) is 21.6. The van der Waals surface area contributed by atoms with Gasteiger partial charge in [0.1, 0.15) is 0 Å². The predicted molar refractivity (Wildman–Crippen MR) is 119 cm³/mol. The number of nitrogens with one attached hydrogen (secondary N) is 1. The number of carbonyl (C=O) groups is 1. The van der Waals surface area contributed by atoms with Crippen molar-refractivity contribution in [3.8, 4) is 11.5 Å². The summed E-state index contributed by atoms with van der Waals surface area (Å²) >= 11 is 3.58. The minimum absolute atomic E-state index is 0.320. The molecule has 0 radical (unpaired) electrons. The van der Waals surface area contributed by atoms with Crippen LogP contribution >= 0.6 is 15.9 Å². The molecular weight excluding hydrogens is 466 g/mol. The summed E-state index contributed by atoms with van der Waals surface area (Å²) in [6.45, 7) is 4.99. The van der Waals surface area contributed by atoms with Gasteiger partial charge in [-0.05, 0) is 44.7 Å². The number of anilines is 1. The zero-order chi connectivity index (χ0) is 22.3. The summed E-state index contributed by atoms with van der Waals surface area (Å²) in [5.41, 5.74) is 0.593. The van der Waals surface area contributed by atoms with Crippen LogP contribution in [0.5, 0.6) is 11.5 Å². The van der Waals surface area contributed by atoms with Crippen molar-refractivity contribution in [3.05, 3.63) is 62.1 Å². The molecule has 2 aromatic carbocycles. The van der Waals surface area contributed by atoms with E-state index in [9.17, 15) is 14.9 Å². The fourth-order valence-corrected chi connectivity index (χ4v) is 5.55. The Kier molecular flexibility index (Phi) is 5.65. The van der Waals surface area contributed by atoms with E-state index in [1.807, 2.05) is 19.9 Å². The highest BCUT2D eigenvalue weighted by Gasteiger charge is 2.68. The highest BCUT2D eigenvalue weighted by molar-refractivity contribution is 9.10. The molecule has 0 bridgehead atoms. The van der Waals surface area contributed by atoms with Gasteiger partial charge in [0, 0.05) is 27.2 Å². The van der Waals surface area contributed by atoms with E-state index >= 15 is 0 Å². The van der Waals surface area contributed by atoms with Crippen LogP contribution in [0, 0.1) is 10.1 Å². The van der Waals surface area contributed by atoms with Gasteiger partial charge in [-0.1, -0.05) is 34.1 Å². The van der Waals surface area contributed by atoms with Crippen LogP contribution in [0.15, 0.2) is 40.9 Å². The van der Waals surface area contributed by atoms with Crippen molar-refractivity contribution in [2.45, 2.75) is 31.3 Å². The number of likely N-dealkylation sites (tertiary alicyclic amines) is 1. The molecule has 1 spiro atoms. The predicted octanol–water partition coefficient (Wildman–Crippen LogP) is 3.77. The highest BCUT2D eigenvalue weighted by Crippen LogP contribution is 2.53. The molecule has 0 aliphatic carbocycles. The van der Waals surface area contributed by atoms with Crippen LogP contribution in [-0.4, -0.2) is 48.6 Å². The molecule has 3 atom stereocenters. The lowest BCUT2D eigenvalue weighted by molar-refractivity contribution is -0.534. The molecule has 164 valence electrons. The van der Waals surface area contributed by atoms with Crippen LogP contribution < -0.4 is 14.8 Å². The first-order valence-corrected chi connectivity index (χ1v) is 11.0. The Balaban J connectivity index is 1.87. The Labute approximate surface area is 188 Å². The molecule has 2 aromatic rings. The van der Waals surface area contributed by atoms with Crippen LogP contribution in [0.3, 0.4) is 0 Å². The van der Waals surface area contributed by atoms with E-state index in [2.05, 4.69) is 21.2 Å². The van der Waals surface area contributed by atoms with E-state index in [1.165, 1.54) is 0 Å². The zero-order valence-electron chi connectivity index (χ0n) is 17.6. The van der Waals surface area contributed by atoms with Gasteiger partial charge in [0.15, 0.2) is 17.0 Å². The van der Waals surface area contributed by atoms with Gasteiger partial charge < -0.3 is 14.8 Å². The Morgan fingerprint density at radius 1 is 1.23 bits per heavy atom. The Bertz CT molecular complexity index is 1050. The lowest BCUT2D eigenvalue weighted by Gasteiger charge is -2.30. The smallest absolute Gasteiger partial charge is 0.256 e. The molecule has 2 aliphatic rings. The average molecular weight is 490 g/mol. The summed E-state index contributed by atoms with van der Waals surface area (Å²) < 4.78 is 12.1. The number of rotatable bonds is 6. The molecule has 2 heterocycles. The lowest BCUT2D eigenvalue weighted by atomic mass is 9.79. The summed E-state index contributed by atoms with van der Waals surface area (Å²) in [7, 11) is 1.77. The summed E-state index contributed by atoms with van der Waals surface area (Å²) in [5.74, 6) is 0.195. The van der Waals surface area contributed by atoms with E-state index in [-0.39, 0.29) is 10.8 Å². The fraction of sp³-hybridized carbons (Fsp3) is 0.409. The van der Waals surface area contributed by atoms with Gasteiger partial charge in [-0.25, -0.2) is 0 Å². The van der Waals surface area contributed by atoms with Crippen molar-refractivity contribution in [1.82, 2.24) is 4.90 Å².